The number of anilines is 1. The van der Waals surface area contributed by atoms with Crippen LogP contribution in [0.15, 0.2) is 53.3 Å². The van der Waals surface area contributed by atoms with E-state index in [-0.39, 0.29) is 52.2 Å². The highest BCUT2D eigenvalue weighted by molar-refractivity contribution is 6.34. The molecule has 0 saturated carbocycles. The minimum Gasteiger partial charge on any atom is -0.507 e. The van der Waals surface area contributed by atoms with Crippen molar-refractivity contribution in [2.45, 2.75) is 66.0 Å². The number of benzene rings is 2. The maximum absolute atomic E-state index is 15.1. The van der Waals surface area contributed by atoms with Crippen molar-refractivity contribution >= 4 is 34.5 Å². The quantitative estimate of drug-likeness (QED) is 0.257. The van der Waals surface area contributed by atoms with Crippen molar-refractivity contribution in [3.05, 3.63) is 75.4 Å². The average molecular weight is 622 g/mol. The zero-order valence-corrected chi connectivity index (χ0v) is 26.6. The lowest BCUT2D eigenvalue weighted by atomic mass is 9.80. The Morgan fingerprint density at radius 2 is 1.70 bits per heavy atom. The van der Waals surface area contributed by atoms with Gasteiger partial charge in [0, 0.05) is 19.1 Å². The lowest BCUT2D eigenvalue weighted by molar-refractivity contribution is 0.0562. The van der Waals surface area contributed by atoms with E-state index in [0.29, 0.717) is 16.9 Å². The number of pyridine rings is 1. The van der Waals surface area contributed by atoms with Gasteiger partial charge in [0.1, 0.15) is 17.4 Å². The maximum atomic E-state index is 15.1. The highest BCUT2D eigenvalue weighted by Crippen LogP contribution is 2.41. The summed E-state index contributed by atoms with van der Waals surface area (Å²) in [7, 11) is 0. The Labute approximate surface area is 260 Å². The Morgan fingerprint density at radius 1 is 1.02 bits per heavy atom. The molecule has 9 nitrogen and oxygen atoms in total. The molecule has 0 bridgehead atoms. The minimum atomic E-state index is -1.01. The molecule has 44 heavy (non-hydrogen) atoms. The van der Waals surface area contributed by atoms with Gasteiger partial charge in [-0.1, -0.05) is 77.4 Å². The second-order valence-corrected chi connectivity index (χ2v) is 13.8. The van der Waals surface area contributed by atoms with Crippen molar-refractivity contribution in [2.75, 3.05) is 18.0 Å². The van der Waals surface area contributed by atoms with Crippen LogP contribution in [-0.4, -0.2) is 60.9 Å². The molecule has 1 unspecified atom stereocenters. The number of para-hydroxylation sites is 1. The van der Waals surface area contributed by atoms with Gasteiger partial charge in [0.15, 0.2) is 5.65 Å². The van der Waals surface area contributed by atoms with Gasteiger partial charge in [-0.2, -0.15) is 4.98 Å². The number of phenolic OH excluding ortho intramolecular Hbond substituents is 1. The SMILES string of the molecule is C[C@H]1C(C(C)(C)C)N(C(=O)O)CCN1c1nc(=O)n(-c2ccccc2C(C)(C)C)c2nc(-c3c(O)cccc3F)c(Cl)cc12. The first-order chi connectivity index (χ1) is 20.5. The van der Waals surface area contributed by atoms with Crippen LogP contribution in [0.1, 0.15) is 54.0 Å². The van der Waals surface area contributed by atoms with Crippen LogP contribution in [0.2, 0.25) is 5.02 Å². The second kappa shape index (κ2) is 11.1. The van der Waals surface area contributed by atoms with Crippen LogP contribution in [0.4, 0.5) is 15.0 Å². The monoisotopic (exact) mass is 621 g/mol. The van der Waals surface area contributed by atoms with Gasteiger partial charge >= 0.3 is 11.8 Å². The van der Waals surface area contributed by atoms with Crippen LogP contribution < -0.4 is 10.6 Å². The smallest absolute Gasteiger partial charge is 0.407 e. The van der Waals surface area contributed by atoms with E-state index in [9.17, 15) is 19.8 Å². The van der Waals surface area contributed by atoms with Crippen LogP contribution in [0, 0.1) is 11.2 Å². The molecule has 11 heteroatoms. The standard InChI is InChI=1S/C33H37ClFN5O4/c1-18-27(33(5,6)7)39(31(43)44)16-15-38(18)28-19-17-21(34)26(25-22(35)12-10-14-24(25)41)36-29(19)40(30(42)37-28)23-13-9-8-11-20(23)32(2,3)4/h8-14,17-18,27,41H,15-16H2,1-7H3,(H,43,44)/t18-,27?/m0/s1. The van der Waals surface area contributed by atoms with E-state index < -0.39 is 29.1 Å². The fraction of sp³-hybridized carbons (Fsp3) is 0.394. The molecule has 232 valence electrons. The third kappa shape index (κ3) is 5.36. The Bertz CT molecular complexity index is 1810. The summed E-state index contributed by atoms with van der Waals surface area (Å²) >= 11 is 6.78. The third-order valence-corrected chi connectivity index (χ3v) is 8.54. The van der Waals surface area contributed by atoms with E-state index >= 15 is 4.39 Å². The van der Waals surface area contributed by atoms with E-state index in [1.54, 1.807) is 6.07 Å². The number of fused-ring (bicyclic) bond motifs is 1. The summed E-state index contributed by atoms with van der Waals surface area (Å²) in [6.07, 6.45) is -1.01. The summed E-state index contributed by atoms with van der Waals surface area (Å²) in [5.41, 5.74) is -0.00583. The molecule has 1 amide bonds. The summed E-state index contributed by atoms with van der Waals surface area (Å²) < 4.78 is 16.5. The molecule has 2 aromatic heterocycles. The molecule has 5 rings (SSSR count). The summed E-state index contributed by atoms with van der Waals surface area (Å²) in [6.45, 7) is 14.4. The number of amides is 1. The molecule has 0 spiro atoms. The second-order valence-electron chi connectivity index (χ2n) is 13.4. The number of carbonyl (C=O) groups is 1. The first-order valence-electron chi connectivity index (χ1n) is 14.5. The molecule has 2 N–H and O–H groups in total. The normalized spacial score (nSPS) is 17.8. The maximum Gasteiger partial charge on any atom is 0.407 e. The van der Waals surface area contributed by atoms with Gasteiger partial charge in [0.25, 0.3) is 0 Å². The number of rotatable bonds is 3. The van der Waals surface area contributed by atoms with Crippen LogP contribution >= 0.6 is 11.6 Å². The molecule has 0 radical (unpaired) electrons. The lowest BCUT2D eigenvalue weighted by Crippen LogP contribution is -2.64. The highest BCUT2D eigenvalue weighted by Gasteiger charge is 2.44. The number of aromatic hydroxyl groups is 1. The molecule has 2 aromatic carbocycles. The van der Waals surface area contributed by atoms with Crippen molar-refractivity contribution in [3.8, 4) is 22.7 Å². The first-order valence-corrected chi connectivity index (χ1v) is 14.9. The molecular weight excluding hydrogens is 585 g/mol. The highest BCUT2D eigenvalue weighted by atomic mass is 35.5. The fourth-order valence-corrected chi connectivity index (χ4v) is 6.71. The number of hydrogen-bond acceptors (Lipinski definition) is 6. The number of phenols is 1. The van der Waals surface area contributed by atoms with Gasteiger partial charge in [-0.25, -0.2) is 23.5 Å². The van der Waals surface area contributed by atoms with E-state index in [2.05, 4.69) is 4.98 Å². The molecule has 1 aliphatic heterocycles. The summed E-state index contributed by atoms with van der Waals surface area (Å²) in [5, 5.41) is 21.1. The third-order valence-electron chi connectivity index (χ3n) is 8.25. The van der Waals surface area contributed by atoms with E-state index in [1.807, 2.05) is 77.6 Å². The van der Waals surface area contributed by atoms with Gasteiger partial charge < -0.3 is 20.0 Å². The molecular formula is C33H37ClFN5O4. The number of halogens is 2. The van der Waals surface area contributed by atoms with Crippen LogP contribution in [0.5, 0.6) is 5.75 Å². The minimum absolute atomic E-state index is 0.0235. The number of hydrogen-bond donors (Lipinski definition) is 2. The molecule has 2 atom stereocenters. The van der Waals surface area contributed by atoms with Crippen molar-refractivity contribution < 1.29 is 19.4 Å². The number of nitrogens with zero attached hydrogens (tertiary/aromatic N) is 5. The Morgan fingerprint density at radius 3 is 2.32 bits per heavy atom. The molecule has 3 heterocycles. The van der Waals surface area contributed by atoms with Gasteiger partial charge in [-0.3, -0.25) is 0 Å². The number of carboxylic acid groups (broad SMARTS) is 1. The zero-order chi connectivity index (χ0) is 32.3. The largest absolute Gasteiger partial charge is 0.507 e. The number of piperazine rings is 1. The predicted octanol–water partition coefficient (Wildman–Crippen LogP) is 6.85. The van der Waals surface area contributed by atoms with Crippen molar-refractivity contribution in [1.82, 2.24) is 19.4 Å². The summed E-state index contributed by atoms with van der Waals surface area (Å²) in [4.78, 5) is 39.1. The fourth-order valence-electron chi connectivity index (χ4n) is 6.46. The average Bonchev–Trinajstić information content (AvgIpc) is 2.92. The van der Waals surface area contributed by atoms with E-state index in [1.165, 1.54) is 27.7 Å². The first kappa shape index (κ1) is 31.3. The van der Waals surface area contributed by atoms with Crippen LogP contribution in [0.3, 0.4) is 0 Å². The molecule has 0 aliphatic carbocycles. The van der Waals surface area contributed by atoms with Crippen molar-refractivity contribution in [3.63, 3.8) is 0 Å². The predicted molar refractivity (Wildman–Crippen MR) is 171 cm³/mol. The van der Waals surface area contributed by atoms with Crippen molar-refractivity contribution in [1.29, 1.82) is 0 Å². The van der Waals surface area contributed by atoms with Gasteiger partial charge in [-0.05, 0) is 47.6 Å². The Kier molecular flexibility index (Phi) is 7.86. The van der Waals surface area contributed by atoms with Gasteiger partial charge in [0.05, 0.1) is 33.4 Å². The number of aromatic nitrogens is 3. The van der Waals surface area contributed by atoms with Gasteiger partial charge in [0.2, 0.25) is 0 Å². The molecule has 1 fully saturated rings. The topological polar surface area (TPSA) is 112 Å². The summed E-state index contributed by atoms with van der Waals surface area (Å²) in [5.74, 6) is -0.758. The Balaban J connectivity index is 1.86. The zero-order valence-electron chi connectivity index (χ0n) is 25.9. The Hall–Kier alpha value is -4.18. The van der Waals surface area contributed by atoms with Crippen molar-refractivity contribution in [2.24, 2.45) is 5.41 Å². The van der Waals surface area contributed by atoms with Crippen LogP contribution in [0.25, 0.3) is 28.0 Å². The molecule has 4 aromatic rings. The van der Waals surface area contributed by atoms with E-state index in [0.717, 1.165) is 5.56 Å². The van der Waals surface area contributed by atoms with E-state index in [4.69, 9.17) is 16.6 Å². The van der Waals surface area contributed by atoms with Crippen LogP contribution in [-0.2, 0) is 5.41 Å². The summed E-state index contributed by atoms with van der Waals surface area (Å²) in [6, 6.07) is 12.2. The molecule has 1 saturated heterocycles. The lowest BCUT2D eigenvalue weighted by Gasteiger charge is -2.51. The van der Waals surface area contributed by atoms with Gasteiger partial charge in [-0.15, -0.1) is 0 Å². The molecule has 1 aliphatic rings.